The second-order valence-corrected chi connectivity index (χ2v) is 18.2. The van der Waals surface area contributed by atoms with E-state index >= 15 is 0 Å². The van der Waals surface area contributed by atoms with E-state index in [0.717, 1.165) is 19.3 Å². The van der Waals surface area contributed by atoms with Gasteiger partial charge in [0.05, 0.1) is 5.41 Å². The smallest absolute Gasteiger partial charge is 0.0622 e. The van der Waals surface area contributed by atoms with E-state index < -0.39 is 5.41 Å². The van der Waals surface area contributed by atoms with Crippen LogP contribution < -0.4 is 0 Å². The van der Waals surface area contributed by atoms with Crippen LogP contribution in [0.5, 0.6) is 0 Å². The van der Waals surface area contributed by atoms with Crippen LogP contribution in [-0.2, 0) is 23.7 Å². The Morgan fingerprint density at radius 3 is 1.66 bits per heavy atom. The summed E-state index contributed by atoms with van der Waals surface area (Å²) in [6, 6.07) is 80.3. The summed E-state index contributed by atoms with van der Waals surface area (Å²) < 4.78 is 0. The van der Waals surface area contributed by atoms with E-state index in [1.807, 2.05) is 0 Å². The molecule has 0 radical (unpaired) electrons. The molecule has 62 heavy (non-hydrogen) atoms. The van der Waals surface area contributed by atoms with Gasteiger partial charge in [0.25, 0.3) is 0 Å². The first-order chi connectivity index (χ1) is 30.5. The van der Waals surface area contributed by atoms with E-state index in [1.165, 1.54) is 106 Å². The molecular formula is C62H48. The molecule has 12 rings (SSSR count). The normalized spacial score (nSPS) is 16.2. The maximum atomic E-state index is 2.57. The van der Waals surface area contributed by atoms with Gasteiger partial charge in [-0.2, -0.15) is 0 Å². The summed E-state index contributed by atoms with van der Waals surface area (Å²) in [7, 11) is 0. The fraction of sp³-hybridized carbons (Fsp3) is 0.129. The maximum Gasteiger partial charge on any atom is 0.0728 e. The lowest BCUT2D eigenvalue weighted by molar-refractivity contribution is 0.610. The molecule has 0 aliphatic heterocycles. The molecule has 9 aromatic rings. The molecule has 0 nitrogen and oxygen atoms in total. The minimum Gasteiger partial charge on any atom is -0.0622 e. The molecule has 0 fully saturated rings. The molecule has 0 heteroatoms. The van der Waals surface area contributed by atoms with Crippen LogP contribution >= 0.6 is 0 Å². The van der Waals surface area contributed by atoms with Gasteiger partial charge in [0.2, 0.25) is 0 Å². The minimum absolute atomic E-state index is 0.0581. The Bertz CT molecular complexity index is 3180. The van der Waals surface area contributed by atoms with Crippen molar-refractivity contribution in [1.82, 2.24) is 0 Å². The highest BCUT2D eigenvalue weighted by molar-refractivity contribution is 6.00. The molecule has 0 heterocycles. The first-order valence-electron chi connectivity index (χ1n) is 22.4. The van der Waals surface area contributed by atoms with Crippen molar-refractivity contribution in [2.75, 3.05) is 0 Å². The number of hydrogen-bond acceptors (Lipinski definition) is 0. The van der Waals surface area contributed by atoms with Crippen molar-refractivity contribution >= 4 is 0 Å². The summed E-state index contributed by atoms with van der Waals surface area (Å²) in [5, 5.41) is 0. The second kappa shape index (κ2) is 14.3. The van der Waals surface area contributed by atoms with Crippen molar-refractivity contribution in [1.29, 1.82) is 0 Å². The zero-order valence-corrected chi connectivity index (χ0v) is 35.4. The molecule has 0 aromatic heterocycles. The zero-order valence-electron chi connectivity index (χ0n) is 35.4. The minimum atomic E-state index is -0.400. The number of rotatable bonds is 9. The molecule has 9 aromatic carbocycles. The number of hydrogen-bond donors (Lipinski definition) is 0. The van der Waals surface area contributed by atoms with Crippen LogP contribution in [0.1, 0.15) is 76.3 Å². The quantitative estimate of drug-likeness (QED) is 0.137. The van der Waals surface area contributed by atoms with E-state index in [0.29, 0.717) is 5.92 Å². The van der Waals surface area contributed by atoms with Crippen LogP contribution in [0.25, 0.3) is 55.6 Å². The third-order valence-electron chi connectivity index (χ3n) is 14.7. The Hall–Kier alpha value is -7.02. The Morgan fingerprint density at radius 2 is 0.903 bits per heavy atom. The third-order valence-corrected chi connectivity index (χ3v) is 14.7. The predicted molar refractivity (Wildman–Crippen MR) is 259 cm³/mol. The summed E-state index contributed by atoms with van der Waals surface area (Å²) in [4.78, 5) is 0. The number of fused-ring (bicyclic) bond motifs is 9. The molecule has 0 N–H and O–H groups in total. The van der Waals surface area contributed by atoms with Gasteiger partial charge in [-0.3, -0.25) is 0 Å². The van der Waals surface area contributed by atoms with Gasteiger partial charge >= 0.3 is 0 Å². The van der Waals surface area contributed by atoms with Crippen molar-refractivity contribution < 1.29 is 0 Å². The third kappa shape index (κ3) is 5.46. The van der Waals surface area contributed by atoms with Crippen LogP contribution in [0.2, 0.25) is 0 Å². The monoisotopic (exact) mass is 792 g/mol. The molecule has 296 valence electrons. The molecule has 2 atom stereocenters. The van der Waals surface area contributed by atoms with Crippen molar-refractivity contribution in [2.45, 2.75) is 49.9 Å². The molecule has 0 bridgehead atoms. The molecule has 2 unspecified atom stereocenters. The van der Waals surface area contributed by atoms with Gasteiger partial charge in [0.1, 0.15) is 0 Å². The maximum absolute atomic E-state index is 2.57. The van der Waals surface area contributed by atoms with Gasteiger partial charge in [0.15, 0.2) is 0 Å². The first kappa shape index (κ1) is 36.8. The lowest BCUT2D eigenvalue weighted by Gasteiger charge is -2.33. The molecule has 0 spiro atoms. The Labute approximate surface area is 366 Å². The molecular weight excluding hydrogens is 745 g/mol. The van der Waals surface area contributed by atoms with Gasteiger partial charge < -0.3 is 0 Å². The summed E-state index contributed by atoms with van der Waals surface area (Å²) in [5.74, 6) is 0.304. The predicted octanol–water partition coefficient (Wildman–Crippen LogP) is 15.6. The van der Waals surface area contributed by atoms with Crippen molar-refractivity contribution in [3.05, 3.63) is 262 Å². The lowest BCUT2D eigenvalue weighted by atomic mass is 9.68. The van der Waals surface area contributed by atoms with E-state index in [4.69, 9.17) is 0 Å². The zero-order chi connectivity index (χ0) is 41.4. The molecule has 0 saturated heterocycles. The lowest BCUT2D eigenvalue weighted by Crippen LogP contribution is -2.27. The molecule has 0 saturated carbocycles. The van der Waals surface area contributed by atoms with Gasteiger partial charge in [-0.25, -0.2) is 0 Å². The SMILES string of the molecule is CC1(C)c2ccccc2-c2ccc(C(CCc3ccccc3C34c5ccccc5-c5cccc(c53)-c3cc(-c5ccccc5)ccc34)Cc3ccccc3-c3ccccc3)cc21. The van der Waals surface area contributed by atoms with E-state index in [-0.39, 0.29) is 5.41 Å². The van der Waals surface area contributed by atoms with Crippen LogP contribution in [0.3, 0.4) is 0 Å². The standard InChI is InChI=1S/C62H48/c1-61(2)56-30-15-12-25-49(56)51-36-34-46(40-59(51)61)44(38-47-23-9-11-24-48(47)42-20-7-4-8-21-42)33-32-43-22-10-14-29-55(43)62-57-31-16-13-26-50(57)52-27-17-28-53(60(52)62)54-39-45(35-37-58(54)62)41-18-5-3-6-19-41/h3-31,34-37,39-40,44H,32-33,38H2,1-2H3. The summed E-state index contributed by atoms with van der Waals surface area (Å²) in [6.07, 6.45) is 2.96. The Kier molecular flexibility index (Phi) is 8.48. The number of benzene rings is 9. The van der Waals surface area contributed by atoms with E-state index in [9.17, 15) is 0 Å². The highest BCUT2D eigenvalue weighted by Gasteiger charge is 2.53. The average molecular weight is 793 g/mol. The van der Waals surface area contributed by atoms with E-state index in [1.54, 1.807) is 0 Å². The molecule has 0 amide bonds. The van der Waals surface area contributed by atoms with Gasteiger partial charge in [-0.1, -0.05) is 220 Å². The number of aryl methyl sites for hydroxylation is 1. The van der Waals surface area contributed by atoms with Gasteiger partial charge in [-0.05, 0) is 137 Å². The average Bonchev–Trinajstić information content (AvgIpc) is 3.89. The van der Waals surface area contributed by atoms with Crippen LogP contribution in [0, 0.1) is 0 Å². The Balaban J connectivity index is 0.998. The first-order valence-corrected chi connectivity index (χ1v) is 22.4. The summed E-state index contributed by atoms with van der Waals surface area (Å²) >= 11 is 0. The Morgan fingerprint density at radius 1 is 0.355 bits per heavy atom. The summed E-state index contributed by atoms with van der Waals surface area (Å²) in [5.41, 5.74) is 25.6. The fourth-order valence-corrected chi connectivity index (χ4v) is 11.9. The van der Waals surface area contributed by atoms with Crippen LogP contribution in [-0.4, -0.2) is 0 Å². The fourth-order valence-electron chi connectivity index (χ4n) is 11.9. The van der Waals surface area contributed by atoms with Crippen molar-refractivity contribution in [3.63, 3.8) is 0 Å². The van der Waals surface area contributed by atoms with Crippen LogP contribution in [0.15, 0.2) is 212 Å². The van der Waals surface area contributed by atoms with Gasteiger partial charge in [-0.15, -0.1) is 0 Å². The topological polar surface area (TPSA) is 0 Å². The molecule has 3 aliphatic rings. The summed E-state index contributed by atoms with van der Waals surface area (Å²) in [6.45, 7) is 4.81. The van der Waals surface area contributed by atoms with Crippen molar-refractivity contribution in [3.8, 4) is 55.6 Å². The van der Waals surface area contributed by atoms with Crippen molar-refractivity contribution in [2.24, 2.45) is 0 Å². The van der Waals surface area contributed by atoms with Gasteiger partial charge in [0, 0.05) is 5.41 Å². The highest BCUT2D eigenvalue weighted by atomic mass is 14.5. The largest absolute Gasteiger partial charge is 0.0728 e. The molecule has 3 aliphatic carbocycles. The van der Waals surface area contributed by atoms with E-state index in [2.05, 4.69) is 226 Å². The highest BCUT2D eigenvalue weighted by Crippen LogP contribution is 2.65. The van der Waals surface area contributed by atoms with Crippen LogP contribution in [0.4, 0.5) is 0 Å². The second-order valence-electron chi connectivity index (χ2n) is 18.2.